The van der Waals surface area contributed by atoms with Crippen LogP contribution in [-0.4, -0.2) is 39.9 Å². The van der Waals surface area contributed by atoms with E-state index < -0.39 is 0 Å². The van der Waals surface area contributed by atoms with E-state index in [1.165, 1.54) is 21.8 Å². The third kappa shape index (κ3) is 4.51. The molecule has 8 nitrogen and oxygen atoms in total. The number of nitrogens with one attached hydrogen (secondary N) is 2. The summed E-state index contributed by atoms with van der Waals surface area (Å²) in [5.41, 5.74) is 2.43. The number of carbonyl (C=O) groups is 2. The third-order valence-electron chi connectivity index (χ3n) is 6.18. The first-order valence-electron chi connectivity index (χ1n) is 11.1. The number of nitrogens with zero attached hydrogens (tertiary/aromatic N) is 4. The summed E-state index contributed by atoms with van der Waals surface area (Å²) < 4.78 is 0. The van der Waals surface area contributed by atoms with Gasteiger partial charge in [0, 0.05) is 46.7 Å². The topological polar surface area (TPSA) is 100 Å². The Kier molecular flexibility index (Phi) is 6.25. The van der Waals surface area contributed by atoms with Crippen molar-refractivity contribution in [2.45, 2.75) is 26.7 Å². The van der Waals surface area contributed by atoms with Crippen LogP contribution < -0.4 is 15.5 Å². The molecule has 4 heterocycles. The van der Waals surface area contributed by atoms with Crippen molar-refractivity contribution < 1.29 is 9.59 Å². The van der Waals surface area contributed by atoms with Gasteiger partial charge >= 0.3 is 0 Å². The van der Waals surface area contributed by atoms with Gasteiger partial charge < -0.3 is 10.2 Å². The second-order valence-electron chi connectivity index (χ2n) is 8.28. The maximum absolute atomic E-state index is 12.9. The van der Waals surface area contributed by atoms with Gasteiger partial charge in [0.05, 0.1) is 5.39 Å². The molecule has 34 heavy (non-hydrogen) atoms. The van der Waals surface area contributed by atoms with Gasteiger partial charge in [-0.2, -0.15) is 0 Å². The first-order chi connectivity index (χ1) is 16.5. The molecule has 1 aromatic carbocycles. The quantitative estimate of drug-likeness (QED) is 0.412. The number of fused-ring (bicyclic) bond motifs is 1. The van der Waals surface area contributed by atoms with Crippen LogP contribution in [0.2, 0.25) is 0 Å². The van der Waals surface area contributed by atoms with Crippen LogP contribution >= 0.6 is 22.7 Å². The zero-order valence-corrected chi connectivity index (χ0v) is 20.5. The van der Waals surface area contributed by atoms with Crippen molar-refractivity contribution in [3.8, 4) is 0 Å². The highest BCUT2D eigenvalue weighted by Gasteiger charge is 2.27. The number of rotatable bonds is 5. The highest BCUT2D eigenvalue weighted by molar-refractivity contribution is 7.18. The van der Waals surface area contributed by atoms with Crippen molar-refractivity contribution in [3.63, 3.8) is 0 Å². The van der Waals surface area contributed by atoms with Crippen LogP contribution in [0, 0.1) is 19.8 Å². The fraction of sp³-hybridized carbons (Fsp3) is 0.292. The zero-order chi connectivity index (χ0) is 23.7. The summed E-state index contributed by atoms with van der Waals surface area (Å²) in [6.07, 6.45) is 4.79. The van der Waals surface area contributed by atoms with Gasteiger partial charge in [0.2, 0.25) is 5.91 Å². The molecule has 2 N–H and O–H groups in total. The van der Waals surface area contributed by atoms with Crippen LogP contribution in [0.25, 0.3) is 10.2 Å². The van der Waals surface area contributed by atoms with Crippen molar-refractivity contribution in [1.82, 2.24) is 15.0 Å². The molecule has 1 aliphatic rings. The Morgan fingerprint density at radius 3 is 2.50 bits per heavy atom. The lowest BCUT2D eigenvalue weighted by Crippen LogP contribution is -2.38. The number of hydrogen-bond donors (Lipinski definition) is 2. The monoisotopic (exact) mass is 492 g/mol. The molecule has 1 saturated heterocycles. The number of aromatic nitrogens is 3. The van der Waals surface area contributed by atoms with E-state index in [2.05, 4.69) is 44.3 Å². The predicted molar refractivity (Wildman–Crippen MR) is 137 cm³/mol. The third-order valence-corrected chi connectivity index (χ3v) is 7.98. The number of aryl methyl sites for hydroxylation is 2. The number of piperidine rings is 1. The fourth-order valence-electron chi connectivity index (χ4n) is 4.16. The Hall–Kier alpha value is -3.37. The number of hydrogen-bond acceptors (Lipinski definition) is 8. The highest BCUT2D eigenvalue weighted by Crippen LogP contribution is 2.35. The molecule has 174 valence electrons. The SMILES string of the molecule is Cc1sc2ncnc(N3CCC(C(=O)Nc4ccc(C(=O)Nc5nccs5)cc4)CC3)c2c1C. The number of benzene rings is 1. The Bertz CT molecular complexity index is 1330. The van der Waals surface area contributed by atoms with E-state index in [0.29, 0.717) is 16.4 Å². The largest absolute Gasteiger partial charge is 0.356 e. The van der Waals surface area contributed by atoms with Crippen LogP contribution in [0.1, 0.15) is 33.6 Å². The van der Waals surface area contributed by atoms with Gasteiger partial charge in [-0.05, 0) is 56.5 Å². The summed E-state index contributed by atoms with van der Waals surface area (Å²) in [5.74, 6) is 0.689. The first-order valence-corrected chi connectivity index (χ1v) is 12.8. The molecule has 0 saturated carbocycles. The van der Waals surface area contributed by atoms with Crippen LogP contribution in [0.4, 0.5) is 16.6 Å². The van der Waals surface area contributed by atoms with Crippen molar-refractivity contribution in [3.05, 3.63) is 58.2 Å². The normalized spacial score (nSPS) is 14.4. The summed E-state index contributed by atoms with van der Waals surface area (Å²) in [6.45, 7) is 5.78. The van der Waals surface area contributed by atoms with Crippen molar-refractivity contribution in [1.29, 1.82) is 0 Å². The van der Waals surface area contributed by atoms with Crippen molar-refractivity contribution >= 4 is 61.3 Å². The minimum atomic E-state index is -0.227. The molecule has 1 aliphatic heterocycles. The standard InChI is InChI=1S/C24H24N6O2S2/c1-14-15(2)34-23-19(14)20(26-13-27-23)30-10-7-17(8-11-30)21(31)28-18-5-3-16(4-6-18)22(32)29-24-25-9-12-33-24/h3-6,9,12-13,17H,7-8,10-11H2,1-2H3,(H,28,31)(H,25,29,32). The average molecular weight is 493 g/mol. The van der Waals surface area contributed by atoms with E-state index in [9.17, 15) is 9.59 Å². The molecule has 0 atom stereocenters. The second-order valence-corrected chi connectivity index (χ2v) is 10.4. The summed E-state index contributed by atoms with van der Waals surface area (Å²) >= 11 is 3.06. The molecular weight excluding hydrogens is 468 g/mol. The number of anilines is 3. The smallest absolute Gasteiger partial charge is 0.257 e. The van der Waals surface area contributed by atoms with Crippen molar-refractivity contribution in [2.24, 2.45) is 5.92 Å². The van der Waals surface area contributed by atoms with Crippen LogP contribution in [-0.2, 0) is 4.79 Å². The lowest BCUT2D eigenvalue weighted by atomic mass is 9.95. The van der Waals surface area contributed by atoms with Gasteiger partial charge in [0.25, 0.3) is 5.91 Å². The predicted octanol–water partition coefficient (Wildman–Crippen LogP) is 4.87. The van der Waals surface area contributed by atoms with E-state index in [1.54, 1.807) is 53.5 Å². The minimum absolute atomic E-state index is 0.00929. The van der Waals surface area contributed by atoms with Gasteiger partial charge in [-0.25, -0.2) is 15.0 Å². The van der Waals surface area contributed by atoms with Gasteiger partial charge in [-0.15, -0.1) is 22.7 Å². The van der Waals surface area contributed by atoms with Gasteiger partial charge in [-0.3, -0.25) is 14.9 Å². The Labute approximate surface area is 205 Å². The minimum Gasteiger partial charge on any atom is -0.356 e. The first kappa shape index (κ1) is 22.4. The molecule has 0 unspecified atom stereocenters. The lowest BCUT2D eigenvalue weighted by Gasteiger charge is -2.32. The maximum Gasteiger partial charge on any atom is 0.257 e. The summed E-state index contributed by atoms with van der Waals surface area (Å²) in [6, 6.07) is 6.91. The summed E-state index contributed by atoms with van der Waals surface area (Å²) in [4.78, 5) is 42.8. The van der Waals surface area contributed by atoms with E-state index in [-0.39, 0.29) is 17.7 Å². The average Bonchev–Trinajstić information content (AvgIpc) is 3.47. The molecular formula is C24H24N6O2S2. The Balaban J connectivity index is 1.18. The Morgan fingerprint density at radius 1 is 1.03 bits per heavy atom. The molecule has 10 heteroatoms. The molecule has 4 aromatic rings. The van der Waals surface area contributed by atoms with Gasteiger partial charge in [-0.1, -0.05) is 0 Å². The van der Waals surface area contributed by atoms with Crippen LogP contribution in [0.5, 0.6) is 0 Å². The van der Waals surface area contributed by atoms with Crippen LogP contribution in [0.15, 0.2) is 42.2 Å². The molecule has 5 rings (SSSR count). The van der Waals surface area contributed by atoms with E-state index >= 15 is 0 Å². The van der Waals surface area contributed by atoms with Gasteiger partial charge in [0.1, 0.15) is 17.0 Å². The zero-order valence-electron chi connectivity index (χ0n) is 18.9. The molecule has 2 amide bonds. The fourth-order valence-corrected chi connectivity index (χ4v) is 5.68. The number of carbonyl (C=O) groups excluding carboxylic acids is 2. The molecule has 0 bridgehead atoms. The molecule has 3 aromatic heterocycles. The molecule has 1 fully saturated rings. The van der Waals surface area contributed by atoms with Gasteiger partial charge in [0.15, 0.2) is 5.13 Å². The number of thiazole rings is 1. The Morgan fingerprint density at radius 2 is 1.79 bits per heavy atom. The van der Waals surface area contributed by atoms with E-state index in [4.69, 9.17) is 0 Å². The van der Waals surface area contributed by atoms with E-state index in [1.807, 2.05) is 0 Å². The molecule has 0 spiro atoms. The molecule has 0 aliphatic carbocycles. The number of amides is 2. The lowest BCUT2D eigenvalue weighted by molar-refractivity contribution is -0.120. The van der Waals surface area contributed by atoms with Crippen molar-refractivity contribution in [2.75, 3.05) is 28.6 Å². The second kappa shape index (κ2) is 9.47. The number of thiophene rings is 1. The van der Waals surface area contributed by atoms with E-state index in [0.717, 1.165) is 42.0 Å². The maximum atomic E-state index is 12.9. The summed E-state index contributed by atoms with van der Waals surface area (Å²) in [7, 11) is 0. The summed E-state index contributed by atoms with van der Waals surface area (Å²) in [5, 5.41) is 9.24. The van der Waals surface area contributed by atoms with Crippen LogP contribution in [0.3, 0.4) is 0 Å². The highest BCUT2D eigenvalue weighted by atomic mass is 32.1. The molecule has 0 radical (unpaired) electrons.